The Morgan fingerprint density at radius 1 is 0.909 bits per heavy atom. The zero-order valence-corrected chi connectivity index (χ0v) is 14.5. The number of hydrogen-bond acceptors (Lipinski definition) is 1. The molecule has 22 heavy (non-hydrogen) atoms. The number of nitrogens with zero attached hydrogens (tertiary/aromatic N) is 2. The van der Waals surface area contributed by atoms with E-state index >= 15 is 0 Å². The molecule has 4 heteroatoms. The molecule has 116 valence electrons. The standard InChI is InChI=1S/C18H23N2OP/c1-15(2)18(20(3)4)19-22(21,16-11-7-5-8-12-16)17-13-9-6-10-14-17/h5-15H,1-4H3/b19-18-. The third-order valence-corrected chi connectivity index (χ3v) is 5.91. The van der Waals surface area contributed by atoms with Gasteiger partial charge in [0, 0.05) is 30.6 Å². The van der Waals surface area contributed by atoms with Crippen LogP contribution in [-0.4, -0.2) is 24.8 Å². The van der Waals surface area contributed by atoms with Crippen LogP contribution in [0.1, 0.15) is 13.8 Å². The smallest absolute Gasteiger partial charge is 0.249 e. The number of rotatable bonds is 4. The first-order chi connectivity index (χ1) is 10.4. The molecule has 0 fully saturated rings. The molecular formula is C18H23N2OP. The van der Waals surface area contributed by atoms with Gasteiger partial charge in [-0.15, -0.1) is 0 Å². The van der Waals surface area contributed by atoms with Crippen LogP contribution in [0, 0.1) is 5.92 Å². The molecular weight excluding hydrogens is 291 g/mol. The lowest BCUT2D eigenvalue weighted by Crippen LogP contribution is -2.28. The van der Waals surface area contributed by atoms with Crippen molar-refractivity contribution in [2.75, 3.05) is 14.1 Å². The van der Waals surface area contributed by atoms with Gasteiger partial charge in [-0.25, -0.2) is 4.76 Å². The maximum Gasteiger partial charge on any atom is 0.249 e. The molecule has 2 rings (SSSR count). The molecule has 0 N–H and O–H groups in total. The van der Waals surface area contributed by atoms with Crippen molar-refractivity contribution >= 4 is 23.7 Å². The van der Waals surface area contributed by atoms with Crippen molar-refractivity contribution in [3.05, 3.63) is 60.7 Å². The minimum absolute atomic E-state index is 0.204. The highest BCUT2D eigenvalue weighted by atomic mass is 31.2. The van der Waals surface area contributed by atoms with Gasteiger partial charge in [0.2, 0.25) is 7.29 Å². The van der Waals surface area contributed by atoms with Gasteiger partial charge in [0.05, 0.1) is 0 Å². The van der Waals surface area contributed by atoms with Crippen LogP contribution in [0.2, 0.25) is 0 Å². The van der Waals surface area contributed by atoms with Gasteiger partial charge in [-0.2, -0.15) is 0 Å². The van der Waals surface area contributed by atoms with Crippen LogP contribution >= 0.6 is 7.29 Å². The fraction of sp³-hybridized carbons (Fsp3) is 0.278. The monoisotopic (exact) mass is 314 g/mol. The van der Waals surface area contributed by atoms with E-state index in [1.807, 2.05) is 79.7 Å². The van der Waals surface area contributed by atoms with E-state index in [0.717, 1.165) is 16.4 Å². The summed E-state index contributed by atoms with van der Waals surface area (Å²) in [4.78, 5) is 1.95. The van der Waals surface area contributed by atoms with Gasteiger partial charge in [0.1, 0.15) is 5.84 Å². The minimum atomic E-state index is -3.04. The van der Waals surface area contributed by atoms with Gasteiger partial charge < -0.3 is 4.90 Å². The summed E-state index contributed by atoms with van der Waals surface area (Å²) >= 11 is 0. The summed E-state index contributed by atoms with van der Waals surface area (Å²) in [6, 6.07) is 19.1. The van der Waals surface area contributed by atoms with Crippen molar-refractivity contribution in [2.45, 2.75) is 13.8 Å². The van der Waals surface area contributed by atoms with Gasteiger partial charge >= 0.3 is 0 Å². The molecule has 0 aliphatic heterocycles. The number of hydrogen-bond donors (Lipinski definition) is 0. The molecule has 0 aliphatic carbocycles. The first-order valence-electron chi connectivity index (χ1n) is 7.44. The second-order valence-corrected chi connectivity index (χ2v) is 8.14. The fourth-order valence-electron chi connectivity index (χ4n) is 2.39. The molecule has 0 saturated carbocycles. The normalized spacial score (nSPS) is 12.5. The maximum absolute atomic E-state index is 13.8. The van der Waals surface area contributed by atoms with E-state index in [2.05, 4.69) is 13.8 Å². The lowest BCUT2D eigenvalue weighted by Gasteiger charge is -2.23. The summed E-state index contributed by atoms with van der Waals surface area (Å²) in [6.45, 7) is 4.14. The second-order valence-electron chi connectivity index (χ2n) is 5.75. The first-order valence-corrected chi connectivity index (χ1v) is 9.10. The summed E-state index contributed by atoms with van der Waals surface area (Å²) in [5.74, 6) is 1.05. The van der Waals surface area contributed by atoms with Gasteiger partial charge in [-0.3, -0.25) is 4.57 Å². The summed E-state index contributed by atoms with van der Waals surface area (Å²) in [7, 11) is 0.846. The zero-order valence-electron chi connectivity index (χ0n) is 13.6. The molecule has 0 unspecified atom stereocenters. The van der Waals surface area contributed by atoms with Crippen LogP contribution in [0.25, 0.3) is 0 Å². The zero-order chi connectivity index (χ0) is 16.2. The van der Waals surface area contributed by atoms with Crippen molar-refractivity contribution in [3.8, 4) is 0 Å². The predicted molar refractivity (Wildman–Crippen MR) is 95.7 cm³/mol. The van der Waals surface area contributed by atoms with Crippen molar-refractivity contribution in [3.63, 3.8) is 0 Å². The van der Waals surface area contributed by atoms with Crippen LogP contribution < -0.4 is 10.6 Å². The summed E-state index contributed by atoms with van der Waals surface area (Å²) in [5.41, 5.74) is 0. The SMILES string of the molecule is CC(C)/C(=N/P(=O)(c1ccccc1)c1ccccc1)N(C)C. The van der Waals surface area contributed by atoms with Crippen LogP contribution in [0.15, 0.2) is 65.4 Å². The van der Waals surface area contributed by atoms with Gasteiger partial charge in [-0.1, -0.05) is 50.2 Å². The lowest BCUT2D eigenvalue weighted by atomic mass is 10.2. The van der Waals surface area contributed by atoms with Crippen LogP contribution in [0.3, 0.4) is 0 Å². The fourth-order valence-corrected chi connectivity index (χ4v) is 4.77. The van der Waals surface area contributed by atoms with E-state index < -0.39 is 7.29 Å². The first kappa shape index (κ1) is 16.5. The Morgan fingerprint density at radius 2 is 1.32 bits per heavy atom. The average molecular weight is 314 g/mol. The second kappa shape index (κ2) is 6.93. The van der Waals surface area contributed by atoms with Crippen LogP contribution in [-0.2, 0) is 4.57 Å². The highest BCUT2D eigenvalue weighted by Gasteiger charge is 2.28. The van der Waals surface area contributed by atoms with E-state index in [4.69, 9.17) is 4.76 Å². The van der Waals surface area contributed by atoms with E-state index in [9.17, 15) is 4.57 Å². The molecule has 2 aromatic rings. The maximum atomic E-state index is 13.8. The number of amidine groups is 1. The molecule has 3 nitrogen and oxygen atoms in total. The number of benzene rings is 2. The summed E-state index contributed by atoms with van der Waals surface area (Å²) < 4.78 is 18.6. The van der Waals surface area contributed by atoms with E-state index in [1.165, 1.54) is 0 Å². The summed E-state index contributed by atoms with van der Waals surface area (Å²) in [5, 5.41) is 1.53. The molecule has 0 aliphatic rings. The molecule has 0 atom stereocenters. The molecule has 2 aromatic carbocycles. The van der Waals surface area contributed by atoms with Crippen molar-refractivity contribution in [2.24, 2.45) is 10.7 Å². The lowest BCUT2D eigenvalue weighted by molar-refractivity contribution is 0.568. The van der Waals surface area contributed by atoms with Crippen molar-refractivity contribution in [1.82, 2.24) is 4.90 Å². The van der Waals surface area contributed by atoms with Crippen LogP contribution in [0.5, 0.6) is 0 Å². The van der Waals surface area contributed by atoms with Crippen LogP contribution in [0.4, 0.5) is 0 Å². The third-order valence-electron chi connectivity index (χ3n) is 3.43. The molecule has 0 heterocycles. The predicted octanol–water partition coefficient (Wildman–Crippen LogP) is 3.53. The molecule has 0 spiro atoms. The average Bonchev–Trinajstić information content (AvgIpc) is 2.53. The Kier molecular flexibility index (Phi) is 5.20. The van der Waals surface area contributed by atoms with Gasteiger partial charge in [0.15, 0.2) is 0 Å². The summed E-state index contributed by atoms with van der Waals surface area (Å²) in [6.07, 6.45) is 0. The topological polar surface area (TPSA) is 32.7 Å². The Morgan fingerprint density at radius 3 is 1.64 bits per heavy atom. The molecule has 0 saturated heterocycles. The Bertz CT molecular complexity index is 625. The van der Waals surface area contributed by atoms with Gasteiger partial charge in [0.25, 0.3) is 0 Å². The largest absolute Gasteiger partial charge is 0.366 e. The highest BCUT2D eigenvalue weighted by molar-refractivity contribution is 7.77. The van der Waals surface area contributed by atoms with E-state index in [0.29, 0.717) is 0 Å². The minimum Gasteiger partial charge on any atom is -0.366 e. The van der Waals surface area contributed by atoms with E-state index in [-0.39, 0.29) is 5.92 Å². The van der Waals surface area contributed by atoms with Gasteiger partial charge in [-0.05, 0) is 24.3 Å². The molecule has 0 radical (unpaired) electrons. The molecule has 0 bridgehead atoms. The molecule has 0 amide bonds. The third kappa shape index (κ3) is 3.48. The Balaban J connectivity index is 2.67. The quantitative estimate of drug-likeness (QED) is 0.491. The Labute approximate surface area is 133 Å². The van der Waals surface area contributed by atoms with Crippen molar-refractivity contribution < 1.29 is 4.57 Å². The molecule has 0 aromatic heterocycles. The Hall–Kier alpha value is -1.86. The van der Waals surface area contributed by atoms with Crippen molar-refractivity contribution in [1.29, 1.82) is 0 Å². The highest BCUT2D eigenvalue weighted by Crippen LogP contribution is 2.45. The van der Waals surface area contributed by atoms with E-state index in [1.54, 1.807) is 0 Å².